The molecule has 3 rings (SSSR count). The van der Waals surface area contributed by atoms with E-state index in [-0.39, 0.29) is 5.56 Å². The van der Waals surface area contributed by atoms with Gasteiger partial charge >= 0.3 is 0 Å². The molecule has 0 unspecified atom stereocenters. The highest BCUT2D eigenvalue weighted by Crippen LogP contribution is 2.40. The third-order valence-corrected chi connectivity index (χ3v) is 5.60. The fourth-order valence-electron chi connectivity index (χ4n) is 3.41. The molecule has 164 valence electrons. The van der Waals surface area contributed by atoms with Gasteiger partial charge in [0, 0.05) is 16.5 Å². The summed E-state index contributed by atoms with van der Waals surface area (Å²) in [6.45, 7) is 2.76. The molecule has 6 nitrogen and oxygen atoms in total. The summed E-state index contributed by atoms with van der Waals surface area (Å²) in [5.41, 5.74) is 1.64. The van der Waals surface area contributed by atoms with Gasteiger partial charge in [-0.25, -0.2) is 4.98 Å². The zero-order valence-corrected chi connectivity index (χ0v) is 19.5. The maximum atomic E-state index is 11.8. The Morgan fingerprint density at radius 3 is 2.52 bits per heavy atom. The lowest BCUT2D eigenvalue weighted by Gasteiger charge is -2.16. The topological polar surface area (TPSA) is 80.7 Å². The number of pyridine rings is 1. The summed E-state index contributed by atoms with van der Waals surface area (Å²) in [6.07, 6.45) is 4.42. The van der Waals surface area contributed by atoms with E-state index in [9.17, 15) is 9.90 Å². The first kappa shape index (κ1) is 22.9. The maximum absolute atomic E-state index is 11.8. The number of carbonyl (C=O) groups excluding carboxylic acids is 1. The van der Waals surface area contributed by atoms with Crippen molar-refractivity contribution in [3.8, 4) is 28.5 Å². The summed E-state index contributed by atoms with van der Waals surface area (Å²) < 4.78 is 17.6. The first-order valence-corrected chi connectivity index (χ1v) is 11.0. The minimum absolute atomic E-state index is 0.0465. The Hall–Kier alpha value is -2.80. The largest absolute Gasteiger partial charge is 0.545 e. The average Bonchev–Trinajstić information content (AvgIpc) is 2.78. The molecule has 1 heterocycles. The predicted molar refractivity (Wildman–Crippen MR) is 122 cm³/mol. The number of nitrogens with zero attached hydrogens (tertiary/aromatic N) is 1. The van der Waals surface area contributed by atoms with Gasteiger partial charge < -0.3 is 24.1 Å². The molecule has 0 aliphatic rings. The molecule has 0 saturated carbocycles. The van der Waals surface area contributed by atoms with Crippen molar-refractivity contribution in [2.45, 2.75) is 32.6 Å². The van der Waals surface area contributed by atoms with E-state index >= 15 is 0 Å². The Bertz CT molecular complexity index is 1080. The number of hydrogen-bond donors (Lipinski definition) is 0. The number of benzene rings is 2. The van der Waals surface area contributed by atoms with E-state index < -0.39 is 5.97 Å². The quantitative estimate of drug-likeness (QED) is 0.375. The van der Waals surface area contributed by atoms with Crippen molar-refractivity contribution in [1.29, 1.82) is 0 Å². The Balaban J connectivity index is 2.04. The van der Waals surface area contributed by atoms with Crippen molar-refractivity contribution >= 4 is 32.8 Å². The van der Waals surface area contributed by atoms with E-state index in [2.05, 4.69) is 27.8 Å². The molecule has 0 fully saturated rings. The summed E-state index contributed by atoms with van der Waals surface area (Å²) in [6, 6.07) is 10.3. The van der Waals surface area contributed by atoms with Crippen molar-refractivity contribution < 1.29 is 24.1 Å². The summed E-state index contributed by atoms with van der Waals surface area (Å²) in [5, 5.41) is 12.3. The molecule has 2 aromatic carbocycles. The second-order valence-electron chi connectivity index (χ2n) is 7.10. The summed E-state index contributed by atoms with van der Waals surface area (Å²) in [7, 11) is 3.09. The highest BCUT2D eigenvalue weighted by Gasteiger charge is 2.16. The Labute approximate surface area is 190 Å². The van der Waals surface area contributed by atoms with Crippen molar-refractivity contribution in [3.05, 3.63) is 46.4 Å². The lowest BCUT2D eigenvalue weighted by molar-refractivity contribution is -0.254. The van der Waals surface area contributed by atoms with Crippen LogP contribution in [0.3, 0.4) is 0 Å². The van der Waals surface area contributed by atoms with Crippen LogP contribution in [-0.2, 0) is 0 Å². The van der Waals surface area contributed by atoms with Crippen molar-refractivity contribution in [3.63, 3.8) is 0 Å². The van der Waals surface area contributed by atoms with E-state index in [1.165, 1.54) is 26.0 Å². The number of halogens is 1. The molecule has 0 aliphatic heterocycles. The van der Waals surface area contributed by atoms with Gasteiger partial charge in [0.2, 0.25) is 0 Å². The number of para-hydroxylation sites is 1. The fourth-order valence-corrected chi connectivity index (χ4v) is 3.97. The van der Waals surface area contributed by atoms with Crippen LogP contribution < -0.4 is 19.3 Å². The molecule has 0 N–H and O–H groups in total. The molecule has 3 aromatic rings. The molecular weight excluding hydrogens is 462 g/mol. The average molecular weight is 487 g/mol. The van der Waals surface area contributed by atoms with Crippen molar-refractivity contribution in [2.75, 3.05) is 20.8 Å². The van der Waals surface area contributed by atoms with Gasteiger partial charge in [0.25, 0.3) is 0 Å². The molecule has 0 atom stereocenters. The monoisotopic (exact) mass is 486 g/mol. The summed E-state index contributed by atoms with van der Waals surface area (Å²) >= 11 is 3.56. The van der Waals surface area contributed by atoms with E-state index in [4.69, 9.17) is 14.2 Å². The number of aromatic nitrogens is 1. The van der Waals surface area contributed by atoms with Gasteiger partial charge in [0.1, 0.15) is 11.3 Å². The van der Waals surface area contributed by atoms with Gasteiger partial charge in [-0.05, 0) is 46.6 Å². The van der Waals surface area contributed by atoms with Crippen LogP contribution in [0.5, 0.6) is 17.2 Å². The highest BCUT2D eigenvalue weighted by atomic mass is 79.9. The van der Waals surface area contributed by atoms with Gasteiger partial charge in [-0.15, -0.1) is 0 Å². The van der Waals surface area contributed by atoms with E-state index in [1.807, 2.05) is 6.07 Å². The van der Waals surface area contributed by atoms with Crippen molar-refractivity contribution in [2.24, 2.45) is 0 Å². The van der Waals surface area contributed by atoms with Gasteiger partial charge in [0.15, 0.2) is 11.5 Å². The van der Waals surface area contributed by atoms with Gasteiger partial charge in [-0.2, -0.15) is 0 Å². The molecule has 0 bridgehead atoms. The van der Waals surface area contributed by atoms with Crippen LogP contribution in [0.25, 0.3) is 22.2 Å². The zero-order valence-electron chi connectivity index (χ0n) is 17.9. The Morgan fingerprint density at radius 1 is 1.06 bits per heavy atom. The fraction of sp³-hybridized carbons (Fsp3) is 0.333. The van der Waals surface area contributed by atoms with E-state index in [0.29, 0.717) is 50.5 Å². The van der Waals surface area contributed by atoms with Crippen LogP contribution in [0.2, 0.25) is 0 Å². The highest BCUT2D eigenvalue weighted by molar-refractivity contribution is 9.10. The summed E-state index contributed by atoms with van der Waals surface area (Å²) in [5.74, 6) is 0.359. The van der Waals surface area contributed by atoms with Crippen LogP contribution in [0.4, 0.5) is 0 Å². The number of hydrogen-bond acceptors (Lipinski definition) is 6. The van der Waals surface area contributed by atoms with Crippen LogP contribution in [0.15, 0.2) is 40.9 Å². The van der Waals surface area contributed by atoms with Crippen LogP contribution in [0.1, 0.15) is 43.0 Å². The number of carboxylic acid groups (broad SMARTS) is 1. The number of methoxy groups -OCH3 is 2. The first-order valence-electron chi connectivity index (χ1n) is 10.2. The smallest absolute Gasteiger partial charge is 0.175 e. The molecule has 0 saturated heterocycles. The standard InChI is InChI=1S/C24H26BrNO5/c1-4-5-6-7-11-31-23-18(25)12-15(13-21(23)30-3)19-14-17(24(27)28)16-9-8-10-20(29-2)22(16)26-19/h8-10,12-14H,4-7,11H2,1-3H3,(H,27,28)/p-1. The molecule has 0 amide bonds. The number of fused-ring (bicyclic) bond motifs is 1. The maximum Gasteiger partial charge on any atom is 0.175 e. The minimum atomic E-state index is -1.28. The number of ether oxygens (including phenoxy) is 3. The van der Waals surface area contributed by atoms with Crippen molar-refractivity contribution in [1.82, 2.24) is 4.98 Å². The molecule has 0 radical (unpaired) electrons. The van der Waals surface area contributed by atoms with Crippen LogP contribution in [-0.4, -0.2) is 31.8 Å². The third kappa shape index (κ3) is 5.10. The Morgan fingerprint density at radius 2 is 1.84 bits per heavy atom. The Kier molecular flexibility index (Phi) is 7.74. The lowest BCUT2D eigenvalue weighted by Crippen LogP contribution is -2.22. The number of carboxylic acids is 1. The lowest BCUT2D eigenvalue weighted by atomic mass is 10.0. The van der Waals surface area contributed by atoms with Crippen LogP contribution >= 0.6 is 15.9 Å². The van der Waals surface area contributed by atoms with Gasteiger partial charge in [-0.3, -0.25) is 0 Å². The normalized spacial score (nSPS) is 10.8. The summed E-state index contributed by atoms with van der Waals surface area (Å²) in [4.78, 5) is 16.5. The SMILES string of the molecule is CCCCCCOc1c(Br)cc(-c2cc(C(=O)[O-])c3cccc(OC)c3n2)cc1OC. The molecule has 31 heavy (non-hydrogen) atoms. The molecule has 7 heteroatoms. The van der Waals surface area contributed by atoms with Gasteiger partial charge in [0.05, 0.1) is 37.0 Å². The van der Waals surface area contributed by atoms with Crippen LogP contribution in [0, 0.1) is 0 Å². The van der Waals surface area contributed by atoms with E-state index in [0.717, 1.165) is 12.8 Å². The molecule has 1 aromatic heterocycles. The van der Waals surface area contributed by atoms with E-state index in [1.54, 1.807) is 31.4 Å². The predicted octanol–water partition coefficient (Wildman–Crippen LogP) is 5.00. The molecule has 0 aliphatic carbocycles. The second-order valence-corrected chi connectivity index (χ2v) is 7.95. The third-order valence-electron chi connectivity index (χ3n) is 5.01. The zero-order chi connectivity index (χ0) is 22.4. The number of rotatable bonds is 10. The molecular formula is C24H25BrNO5-. The number of carbonyl (C=O) groups is 1. The van der Waals surface area contributed by atoms with Gasteiger partial charge in [-0.1, -0.05) is 38.3 Å². The number of unbranched alkanes of at least 4 members (excludes halogenated alkanes) is 3. The molecule has 0 spiro atoms. The second kappa shape index (κ2) is 10.5. The number of aromatic carboxylic acids is 1. The first-order chi connectivity index (χ1) is 15.0. The minimum Gasteiger partial charge on any atom is -0.545 e.